The van der Waals surface area contributed by atoms with Crippen LogP contribution in [0.15, 0.2) is 66.7 Å². The molecule has 1 unspecified atom stereocenters. The second kappa shape index (κ2) is 13.5. The smallest absolute Gasteiger partial charge is 0.153 e. The van der Waals surface area contributed by atoms with Gasteiger partial charge in [0, 0.05) is 22.7 Å². The Morgan fingerprint density at radius 3 is 2.03 bits per heavy atom. The summed E-state index contributed by atoms with van der Waals surface area (Å²) < 4.78 is 6.36. The molecule has 0 aliphatic carbocycles. The number of anilines is 2. The summed E-state index contributed by atoms with van der Waals surface area (Å²) in [5.74, 6) is 1.74. The van der Waals surface area contributed by atoms with Crippen LogP contribution in [0.2, 0.25) is 0 Å². The van der Waals surface area contributed by atoms with Crippen LogP contribution in [0.3, 0.4) is 0 Å². The molecule has 1 aliphatic rings. The summed E-state index contributed by atoms with van der Waals surface area (Å²) in [6, 6.07) is 23.4. The number of hydrogen-bond acceptors (Lipinski definition) is 4. The number of hydrogen-bond donors (Lipinski definition) is 1. The second-order valence-corrected chi connectivity index (χ2v) is 10.0. The highest BCUT2D eigenvalue weighted by Crippen LogP contribution is 2.42. The van der Waals surface area contributed by atoms with E-state index in [-0.39, 0.29) is 11.0 Å². The van der Waals surface area contributed by atoms with Gasteiger partial charge in [-0.1, -0.05) is 110 Å². The van der Waals surface area contributed by atoms with Gasteiger partial charge in [-0.05, 0) is 50.3 Å². The molecule has 2 heterocycles. The molecule has 0 amide bonds. The van der Waals surface area contributed by atoms with Crippen LogP contribution in [0.1, 0.15) is 88.1 Å². The Labute approximate surface area is 231 Å². The Morgan fingerprint density at radius 1 is 0.816 bits per heavy atom. The van der Waals surface area contributed by atoms with E-state index in [2.05, 4.69) is 99.7 Å². The Hall–Kier alpha value is -3.27. The van der Waals surface area contributed by atoms with Gasteiger partial charge in [-0.15, -0.1) is 0 Å². The van der Waals surface area contributed by atoms with Crippen molar-refractivity contribution in [2.75, 3.05) is 17.0 Å². The number of pyridine rings is 1. The molecule has 4 aromatic rings. The molecule has 3 aromatic carbocycles. The molecule has 0 saturated heterocycles. The molecule has 2 bridgehead atoms. The Kier molecular flexibility index (Phi) is 11.0. The third kappa shape index (κ3) is 6.40. The SMILES string of the molecule is CC.CC.CC.CCC1(C)CN(c2ccccc2OC(C)(C)C)Nc2nc3c1cccc3c1ccccc21. The van der Waals surface area contributed by atoms with Gasteiger partial charge in [-0.3, -0.25) is 10.4 Å². The molecule has 1 aliphatic heterocycles. The largest absolute Gasteiger partial charge is 0.486 e. The van der Waals surface area contributed by atoms with Crippen molar-refractivity contribution >= 4 is 33.2 Å². The van der Waals surface area contributed by atoms with Crippen LogP contribution in [0.25, 0.3) is 21.7 Å². The first-order valence-corrected chi connectivity index (χ1v) is 14.4. The maximum atomic E-state index is 6.36. The van der Waals surface area contributed by atoms with Crippen LogP contribution in [0.5, 0.6) is 5.75 Å². The van der Waals surface area contributed by atoms with Gasteiger partial charge >= 0.3 is 0 Å². The van der Waals surface area contributed by atoms with Crippen molar-refractivity contribution in [1.29, 1.82) is 0 Å². The van der Waals surface area contributed by atoms with Crippen molar-refractivity contribution in [3.05, 3.63) is 72.3 Å². The third-order valence-electron chi connectivity index (χ3n) is 6.48. The Balaban J connectivity index is 0.000000791. The lowest BCUT2D eigenvalue weighted by atomic mass is 9.78. The number of rotatable bonds is 3. The van der Waals surface area contributed by atoms with E-state index in [4.69, 9.17) is 9.72 Å². The number of nitrogens with zero attached hydrogens (tertiary/aromatic N) is 2. The van der Waals surface area contributed by atoms with Gasteiger partial charge in [0.25, 0.3) is 0 Å². The summed E-state index contributed by atoms with van der Waals surface area (Å²) in [5.41, 5.74) is 6.72. The van der Waals surface area contributed by atoms with Gasteiger partial charge in [0.1, 0.15) is 11.4 Å². The van der Waals surface area contributed by atoms with Crippen molar-refractivity contribution in [2.24, 2.45) is 0 Å². The van der Waals surface area contributed by atoms with E-state index in [9.17, 15) is 0 Å². The molecule has 1 N–H and O–H groups in total. The van der Waals surface area contributed by atoms with Gasteiger partial charge in [0.05, 0.1) is 11.2 Å². The van der Waals surface area contributed by atoms with Crippen molar-refractivity contribution in [3.63, 3.8) is 0 Å². The molecule has 1 atom stereocenters. The first-order valence-electron chi connectivity index (χ1n) is 14.4. The highest BCUT2D eigenvalue weighted by Gasteiger charge is 2.34. The van der Waals surface area contributed by atoms with Crippen molar-refractivity contribution in [3.8, 4) is 5.75 Å². The maximum absolute atomic E-state index is 6.36. The standard InChI is InChI=1S/C28H31N3O.3C2H6/c1-6-28(5)18-31(23-16-9-10-17-24(23)32-27(2,3)4)30-26-21-13-8-7-12-19(21)20-14-11-15-22(28)25(20)29-26;3*1-2/h7-17H,6,18H2,1-5H3,(H,29,30);3*1-2H3. The first kappa shape index (κ1) is 31.0. The topological polar surface area (TPSA) is 37.4 Å². The van der Waals surface area contributed by atoms with Gasteiger partial charge in [-0.25, -0.2) is 4.98 Å². The molecule has 4 heteroatoms. The number of ether oxygens (including phenoxy) is 1. The molecule has 0 radical (unpaired) electrons. The van der Waals surface area contributed by atoms with E-state index in [1.54, 1.807) is 0 Å². The second-order valence-electron chi connectivity index (χ2n) is 10.0. The Bertz CT molecular complexity index is 1310. The number of hydrazine groups is 1. The molecule has 1 aromatic heterocycles. The minimum absolute atomic E-state index is 0.0888. The van der Waals surface area contributed by atoms with E-state index in [1.807, 2.05) is 53.7 Å². The summed E-state index contributed by atoms with van der Waals surface area (Å²) in [7, 11) is 0. The summed E-state index contributed by atoms with van der Waals surface area (Å²) >= 11 is 0. The fourth-order valence-electron chi connectivity index (χ4n) is 4.70. The fourth-order valence-corrected chi connectivity index (χ4v) is 4.70. The minimum atomic E-state index is -0.288. The van der Waals surface area contributed by atoms with E-state index in [1.165, 1.54) is 16.3 Å². The van der Waals surface area contributed by atoms with Crippen LogP contribution >= 0.6 is 0 Å². The van der Waals surface area contributed by atoms with E-state index < -0.39 is 0 Å². The van der Waals surface area contributed by atoms with Crippen LogP contribution in [-0.2, 0) is 5.41 Å². The number of para-hydroxylation sites is 3. The lowest BCUT2D eigenvalue weighted by Gasteiger charge is -2.40. The summed E-state index contributed by atoms with van der Waals surface area (Å²) in [4.78, 5) is 5.17. The zero-order valence-corrected chi connectivity index (χ0v) is 25.6. The highest BCUT2D eigenvalue weighted by atomic mass is 16.5. The summed E-state index contributed by atoms with van der Waals surface area (Å²) in [6.45, 7) is 23.6. The first-order chi connectivity index (χ1) is 18.3. The molecule has 206 valence electrons. The van der Waals surface area contributed by atoms with Crippen molar-refractivity contribution in [1.82, 2.24) is 4.98 Å². The molecule has 4 nitrogen and oxygen atoms in total. The molecule has 38 heavy (non-hydrogen) atoms. The predicted molar refractivity (Wildman–Crippen MR) is 169 cm³/mol. The molecule has 0 spiro atoms. The minimum Gasteiger partial charge on any atom is -0.486 e. The Morgan fingerprint density at radius 2 is 1.39 bits per heavy atom. The molecule has 0 saturated carbocycles. The molecular formula is C34H49N3O. The monoisotopic (exact) mass is 515 g/mol. The van der Waals surface area contributed by atoms with Gasteiger partial charge in [-0.2, -0.15) is 0 Å². The average Bonchev–Trinajstić information content (AvgIpc) is 2.94. The summed E-state index contributed by atoms with van der Waals surface area (Å²) in [5, 5.41) is 5.78. The van der Waals surface area contributed by atoms with Crippen LogP contribution in [0, 0.1) is 0 Å². The van der Waals surface area contributed by atoms with Crippen molar-refractivity contribution in [2.45, 2.75) is 93.6 Å². The lowest BCUT2D eigenvalue weighted by Crippen LogP contribution is -2.44. The normalized spacial score (nSPS) is 16.0. The molecular weight excluding hydrogens is 466 g/mol. The van der Waals surface area contributed by atoms with Crippen molar-refractivity contribution < 1.29 is 4.74 Å². The quantitative estimate of drug-likeness (QED) is 0.275. The highest BCUT2D eigenvalue weighted by molar-refractivity contribution is 6.11. The van der Waals surface area contributed by atoms with Gasteiger partial charge < -0.3 is 4.74 Å². The number of fused-ring (bicyclic) bond motifs is 4. The van der Waals surface area contributed by atoms with E-state index in [0.29, 0.717) is 0 Å². The van der Waals surface area contributed by atoms with Gasteiger partial charge in [0.2, 0.25) is 0 Å². The fraction of sp³-hybridized carbons (Fsp3) is 0.441. The van der Waals surface area contributed by atoms with Crippen LogP contribution in [0.4, 0.5) is 11.5 Å². The van der Waals surface area contributed by atoms with E-state index in [0.717, 1.165) is 41.1 Å². The maximum Gasteiger partial charge on any atom is 0.153 e. The zero-order valence-electron chi connectivity index (χ0n) is 25.6. The molecule has 0 fully saturated rings. The lowest BCUT2D eigenvalue weighted by molar-refractivity contribution is 0.131. The number of aromatic nitrogens is 1. The zero-order chi connectivity index (χ0) is 28.5. The predicted octanol–water partition coefficient (Wildman–Crippen LogP) is 10.2. The van der Waals surface area contributed by atoms with E-state index >= 15 is 0 Å². The molecule has 5 rings (SSSR count). The van der Waals surface area contributed by atoms with Gasteiger partial charge in [0.15, 0.2) is 5.82 Å². The van der Waals surface area contributed by atoms with Crippen LogP contribution in [-0.4, -0.2) is 17.1 Å². The number of nitrogens with one attached hydrogen (secondary N) is 1. The average molecular weight is 516 g/mol. The number of benzene rings is 3. The summed E-state index contributed by atoms with van der Waals surface area (Å²) in [6.07, 6.45) is 0.996. The third-order valence-corrected chi connectivity index (χ3v) is 6.48. The van der Waals surface area contributed by atoms with Crippen LogP contribution < -0.4 is 15.2 Å².